The van der Waals surface area contributed by atoms with Gasteiger partial charge in [0.25, 0.3) is 0 Å². The van der Waals surface area contributed by atoms with Crippen molar-refractivity contribution < 1.29 is 9.59 Å². The normalized spacial score (nSPS) is 18.9. The van der Waals surface area contributed by atoms with Crippen molar-refractivity contribution in [3.8, 4) is 22.5 Å². The lowest BCUT2D eigenvalue weighted by molar-refractivity contribution is -0.130. The van der Waals surface area contributed by atoms with E-state index in [1.54, 1.807) is 12.1 Å². The number of benzene rings is 3. The number of carbonyl (C=O) groups is 2. The first-order valence-corrected chi connectivity index (χ1v) is 16.3. The number of tetrazole rings is 1. The van der Waals surface area contributed by atoms with Crippen LogP contribution in [0.1, 0.15) is 36.8 Å². The van der Waals surface area contributed by atoms with Gasteiger partial charge in [-0.05, 0) is 89.9 Å². The predicted octanol–water partition coefficient (Wildman–Crippen LogP) is 3.79. The summed E-state index contributed by atoms with van der Waals surface area (Å²) in [5.41, 5.74) is 11.9. The van der Waals surface area contributed by atoms with E-state index in [2.05, 4.69) is 90.0 Å². The van der Waals surface area contributed by atoms with E-state index in [0.717, 1.165) is 75.1 Å². The van der Waals surface area contributed by atoms with Gasteiger partial charge in [-0.25, -0.2) is 0 Å². The van der Waals surface area contributed by atoms with Crippen molar-refractivity contribution in [2.24, 2.45) is 17.6 Å². The molecule has 6 N–H and O–H groups in total. The monoisotopic (exact) mass is 657 g/mol. The van der Waals surface area contributed by atoms with Crippen molar-refractivity contribution in [1.82, 2.24) is 36.2 Å². The van der Waals surface area contributed by atoms with Crippen LogP contribution in [0.3, 0.4) is 0 Å². The molecule has 1 atom stereocenters. The number of rotatable bonds is 11. The molecule has 0 radical (unpaired) electrons. The number of H-pyrrole nitrogens is 1. The van der Waals surface area contributed by atoms with Crippen LogP contribution in [0.4, 0.5) is 5.69 Å². The summed E-state index contributed by atoms with van der Waals surface area (Å²) >= 11 is 0. The van der Waals surface area contributed by atoms with Gasteiger partial charge in [-0.1, -0.05) is 48.5 Å². The Bertz CT molecular complexity index is 1570. The average molecular weight is 658 g/mol. The Labute approximate surface area is 281 Å². The lowest BCUT2D eigenvalue weighted by Crippen LogP contribution is -2.48. The standard InChI is InChI=1S/C35H43N9O2.ClH/c36-22-25-7-11-28(12-8-25)34(45)39-32(35(46)38-30-15-13-27(14-16-30)33-40-42-43-41-33)21-24-5-9-26(10-6-24)31-4-2-1-3-29(31)23-44-19-17-37-18-20-44;/h1-6,9-10,13-16,25,28,32,37H,7-8,11-12,17-23,36H2,(H,38,46)(H,39,45)(H,40,41,42,43);1H/t25?,28?,32-;/m0./s1. The van der Waals surface area contributed by atoms with Gasteiger partial charge in [-0.15, -0.1) is 22.6 Å². The summed E-state index contributed by atoms with van der Waals surface area (Å²) in [7, 11) is 0. The van der Waals surface area contributed by atoms with E-state index in [1.807, 2.05) is 12.1 Å². The summed E-state index contributed by atoms with van der Waals surface area (Å²) in [6, 6.07) is 23.4. The highest BCUT2D eigenvalue weighted by Gasteiger charge is 2.29. The Morgan fingerprint density at radius 1 is 0.915 bits per heavy atom. The zero-order valence-electron chi connectivity index (χ0n) is 26.5. The Kier molecular flexibility index (Phi) is 12.1. The number of aromatic nitrogens is 4. The maximum absolute atomic E-state index is 13.7. The van der Waals surface area contributed by atoms with Gasteiger partial charge in [0.1, 0.15) is 6.04 Å². The molecule has 6 rings (SSSR count). The Morgan fingerprint density at radius 3 is 2.30 bits per heavy atom. The number of hydrogen-bond donors (Lipinski definition) is 5. The number of carbonyl (C=O) groups excluding carboxylic acids is 2. The number of hydrogen-bond acceptors (Lipinski definition) is 8. The number of aromatic amines is 1. The summed E-state index contributed by atoms with van der Waals surface area (Å²) in [6.07, 6.45) is 3.84. The number of piperazine rings is 1. The molecular formula is C35H44ClN9O2. The van der Waals surface area contributed by atoms with Crippen LogP contribution in [0.15, 0.2) is 72.8 Å². The van der Waals surface area contributed by atoms with Crippen molar-refractivity contribution in [1.29, 1.82) is 0 Å². The van der Waals surface area contributed by atoms with Crippen molar-refractivity contribution in [2.45, 2.75) is 44.7 Å². The van der Waals surface area contributed by atoms with Crippen LogP contribution in [0, 0.1) is 11.8 Å². The second-order valence-electron chi connectivity index (χ2n) is 12.4. The molecule has 2 aliphatic rings. The molecule has 0 spiro atoms. The Hall–Kier alpha value is -4.16. The third-order valence-corrected chi connectivity index (χ3v) is 9.27. The maximum Gasteiger partial charge on any atom is 0.247 e. The zero-order valence-corrected chi connectivity index (χ0v) is 27.3. The lowest BCUT2D eigenvalue weighted by Gasteiger charge is -2.28. The van der Waals surface area contributed by atoms with Gasteiger partial charge < -0.3 is 21.7 Å². The zero-order chi connectivity index (χ0) is 31.7. The minimum Gasteiger partial charge on any atom is -0.344 e. The predicted molar refractivity (Wildman–Crippen MR) is 186 cm³/mol. The van der Waals surface area contributed by atoms with Crippen LogP contribution >= 0.6 is 12.4 Å². The highest BCUT2D eigenvalue weighted by atomic mass is 35.5. The van der Waals surface area contributed by atoms with Gasteiger partial charge >= 0.3 is 0 Å². The quantitative estimate of drug-likeness (QED) is 0.163. The van der Waals surface area contributed by atoms with Gasteiger partial charge in [0, 0.05) is 56.3 Å². The van der Waals surface area contributed by atoms with Crippen LogP contribution in [-0.2, 0) is 22.6 Å². The fourth-order valence-corrected chi connectivity index (χ4v) is 6.48. The SMILES string of the molecule is Cl.NCC1CCC(C(=O)N[C@@H](Cc2ccc(-c3ccccc3CN3CCNCC3)cc2)C(=O)Nc2ccc(-c3nn[nH]n3)cc2)CC1. The second kappa shape index (κ2) is 16.6. The largest absolute Gasteiger partial charge is 0.344 e. The van der Waals surface area contributed by atoms with Crippen LogP contribution in [0.25, 0.3) is 22.5 Å². The number of nitrogens with two attached hydrogens (primary N) is 1. The Morgan fingerprint density at radius 2 is 1.62 bits per heavy atom. The summed E-state index contributed by atoms with van der Waals surface area (Å²) in [5.74, 6) is 0.506. The van der Waals surface area contributed by atoms with Crippen LogP contribution < -0.4 is 21.7 Å². The number of anilines is 1. The molecule has 1 aliphatic heterocycles. The van der Waals surface area contributed by atoms with E-state index in [1.165, 1.54) is 11.1 Å². The molecule has 1 saturated heterocycles. The molecule has 0 bridgehead atoms. The van der Waals surface area contributed by atoms with Crippen molar-refractivity contribution in [2.75, 3.05) is 38.0 Å². The van der Waals surface area contributed by atoms with E-state index >= 15 is 0 Å². The number of nitrogens with zero attached hydrogens (tertiary/aromatic N) is 4. The molecular weight excluding hydrogens is 614 g/mol. The first-order valence-electron chi connectivity index (χ1n) is 16.3. The van der Waals surface area contributed by atoms with E-state index in [-0.39, 0.29) is 30.1 Å². The molecule has 248 valence electrons. The Balaban J connectivity index is 0.00000433. The lowest BCUT2D eigenvalue weighted by atomic mass is 9.81. The van der Waals surface area contributed by atoms with Crippen LogP contribution in [0.2, 0.25) is 0 Å². The van der Waals surface area contributed by atoms with Gasteiger partial charge in [0.2, 0.25) is 17.6 Å². The van der Waals surface area contributed by atoms with Gasteiger partial charge in [-0.3, -0.25) is 14.5 Å². The fraction of sp³-hybridized carbons (Fsp3) is 0.400. The van der Waals surface area contributed by atoms with Crippen molar-refractivity contribution in [3.63, 3.8) is 0 Å². The summed E-state index contributed by atoms with van der Waals surface area (Å²) in [5, 5.41) is 23.6. The van der Waals surface area contributed by atoms with Gasteiger partial charge in [0.15, 0.2) is 0 Å². The van der Waals surface area contributed by atoms with E-state index in [9.17, 15) is 9.59 Å². The summed E-state index contributed by atoms with van der Waals surface area (Å²) in [6.45, 7) is 5.68. The van der Waals surface area contributed by atoms with E-state index in [4.69, 9.17) is 5.73 Å². The molecule has 4 aromatic rings. The molecule has 1 aliphatic carbocycles. The third-order valence-electron chi connectivity index (χ3n) is 9.27. The summed E-state index contributed by atoms with van der Waals surface area (Å²) < 4.78 is 0. The number of nitrogens with one attached hydrogen (secondary N) is 4. The first kappa shape index (κ1) is 34.2. The first-order chi connectivity index (χ1) is 22.6. The number of halogens is 1. The average Bonchev–Trinajstić information content (AvgIpc) is 3.65. The van der Waals surface area contributed by atoms with Crippen molar-refractivity contribution >= 4 is 29.9 Å². The van der Waals surface area contributed by atoms with Crippen LogP contribution in [0.5, 0.6) is 0 Å². The third kappa shape index (κ3) is 9.01. The smallest absolute Gasteiger partial charge is 0.247 e. The fourth-order valence-electron chi connectivity index (χ4n) is 6.48. The molecule has 2 fully saturated rings. The van der Waals surface area contributed by atoms with E-state index in [0.29, 0.717) is 30.4 Å². The van der Waals surface area contributed by atoms with Gasteiger partial charge in [0.05, 0.1) is 0 Å². The minimum atomic E-state index is -0.734. The molecule has 11 nitrogen and oxygen atoms in total. The second-order valence-corrected chi connectivity index (χ2v) is 12.4. The summed E-state index contributed by atoms with van der Waals surface area (Å²) in [4.78, 5) is 29.6. The van der Waals surface area contributed by atoms with E-state index < -0.39 is 6.04 Å². The van der Waals surface area contributed by atoms with Gasteiger partial charge in [-0.2, -0.15) is 5.21 Å². The molecule has 3 aromatic carbocycles. The molecule has 1 aromatic heterocycles. The van der Waals surface area contributed by atoms with Crippen molar-refractivity contribution in [3.05, 3.63) is 83.9 Å². The molecule has 2 heterocycles. The highest BCUT2D eigenvalue weighted by Crippen LogP contribution is 2.29. The molecule has 47 heavy (non-hydrogen) atoms. The molecule has 0 unspecified atom stereocenters. The molecule has 2 amide bonds. The number of amides is 2. The topological polar surface area (TPSA) is 154 Å². The molecule has 1 saturated carbocycles. The van der Waals surface area contributed by atoms with Crippen LogP contribution in [-0.4, -0.2) is 76.1 Å². The minimum absolute atomic E-state index is 0. The highest BCUT2D eigenvalue weighted by molar-refractivity contribution is 5.97. The maximum atomic E-state index is 13.7. The molecule has 12 heteroatoms.